The van der Waals surface area contributed by atoms with Gasteiger partial charge in [-0.2, -0.15) is 0 Å². The molecule has 0 unspecified atom stereocenters. The second kappa shape index (κ2) is 11.2. The van der Waals surface area contributed by atoms with Crippen molar-refractivity contribution in [1.82, 2.24) is 0 Å². The van der Waals surface area contributed by atoms with Gasteiger partial charge in [0, 0.05) is 45.8 Å². The third-order valence-electron chi connectivity index (χ3n) is 5.95. The van der Waals surface area contributed by atoms with E-state index in [1.807, 2.05) is 0 Å². The highest BCUT2D eigenvalue weighted by Gasteiger charge is 2.19. The first-order valence-electron chi connectivity index (χ1n) is 11.6. The Hall–Kier alpha value is -5.58. The van der Waals surface area contributed by atoms with E-state index in [0.717, 1.165) is 0 Å². The van der Waals surface area contributed by atoms with Gasteiger partial charge >= 0.3 is 0 Å². The number of rotatable bonds is 8. The molecule has 0 saturated heterocycles. The summed E-state index contributed by atoms with van der Waals surface area (Å²) in [6.07, 6.45) is 0. The number of carbonyl (C=O) groups excluding carboxylic acids is 2. The van der Waals surface area contributed by atoms with Gasteiger partial charge < -0.3 is 15.4 Å². The van der Waals surface area contributed by atoms with Crippen molar-refractivity contribution in [3.8, 4) is 11.5 Å². The molecular weight excluding hydrogens is 504 g/mol. The third-order valence-corrected chi connectivity index (χ3v) is 5.95. The Morgan fingerprint density at radius 3 is 1.31 bits per heavy atom. The summed E-state index contributed by atoms with van der Waals surface area (Å²) in [7, 11) is 0. The molecule has 4 aromatic carbocycles. The molecule has 0 bridgehead atoms. The van der Waals surface area contributed by atoms with Crippen LogP contribution in [-0.2, 0) is 0 Å². The molecule has 11 nitrogen and oxygen atoms in total. The zero-order valence-corrected chi connectivity index (χ0v) is 20.8. The highest BCUT2D eigenvalue weighted by atomic mass is 16.6. The smallest absolute Gasteiger partial charge is 0.273 e. The summed E-state index contributed by atoms with van der Waals surface area (Å²) in [6.45, 7) is 3.05. The van der Waals surface area contributed by atoms with Gasteiger partial charge in [0.2, 0.25) is 0 Å². The van der Waals surface area contributed by atoms with E-state index in [1.165, 1.54) is 50.2 Å². The molecule has 0 radical (unpaired) electrons. The van der Waals surface area contributed by atoms with Crippen LogP contribution in [0.4, 0.5) is 22.7 Å². The zero-order chi connectivity index (χ0) is 28.1. The molecule has 2 amide bonds. The van der Waals surface area contributed by atoms with E-state index in [1.54, 1.807) is 48.5 Å². The van der Waals surface area contributed by atoms with Crippen LogP contribution in [0.5, 0.6) is 11.5 Å². The monoisotopic (exact) mass is 526 g/mol. The number of ether oxygens (including phenoxy) is 1. The van der Waals surface area contributed by atoms with Gasteiger partial charge in [-0.25, -0.2) is 0 Å². The number of hydrogen-bond donors (Lipinski definition) is 2. The van der Waals surface area contributed by atoms with Gasteiger partial charge in [0.05, 0.1) is 9.85 Å². The topological polar surface area (TPSA) is 154 Å². The number of amides is 2. The Kier molecular flexibility index (Phi) is 7.62. The fourth-order valence-corrected chi connectivity index (χ4v) is 3.88. The van der Waals surface area contributed by atoms with Crippen LogP contribution < -0.4 is 15.4 Å². The van der Waals surface area contributed by atoms with Crippen molar-refractivity contribution in [2.75, 3.05) is 10.6 Å². The lowest BCUT2D eigenvalue weighted by Gasteiger charge is -2.11. The molecule has 11 heteroatoms. The first-order chi connectivity index (χ1) is 18.6. The molecule has 0 aromatic heterocycles. The number of nitro benzene ring substituents is 2. The molecule has 0 aliphatic heterocycles. The maximum atomic E-state index is 12.6. The van der Waals surface area contributed by atoms with Crippen molar-refractivity contribution in [3.63, 3.8) is 0 Å². The molecule has 4 rings (SSSR count). The van der Waals surface area contributed by atoms with Gasteiger partial charge in [-0.3, -0.25) is 29.8 Å². The minimum atomic E-state index is -0.531. The lowest BCUT2D eigenvalue weighted by molar-refractivity contribution is -0.385. The van der Waals surface area contributed by atoms with E-state index >= 15 is 0 Å². The quantitative estimate of drug-likeness (QED) is 0.198. The van der Waals surface area contributed by atoms with Crippen molar-refractivity contribution in [1.29, 1.82) is 0 Å². The molecule has 0 heterocycles. The Bertz CT molecular complexity index is 1460. The molecular formula is C28H22N4O7. The fourth-order valence-electron chi connectivity index (χ4n) is 3.88. The highest BCUT2D eigenvalue weighted by molar-refractivity contribution is 6.06. The summed E-state index contributed by atoms with van der Waals surface area (Å²) >= 11 is 0. The van der Waals surface area contributed by atoms with Crippen molar-refractivity contribution in [2.45, 2.75) is 13.8 Å². The number of nitro groups is 2. The van der Waals surface area contributed by atoms with E-state index in [0.29, 0.717) is 22.9 Å². The highest BCUT2D eigenvalue weighted by Crippen LogP contribution is 2.27. The maximum absolute atomic E-state index is 12.6. The van der Waals surface area contributed by atoms with Gasteiger partial charge in [0.15, 0.2) is 0 Å². The van der Waals surface area contributed by atoms with E-state index in [9.17, 15) is 29.8 Å². The summed E-state index contributed by atoms with van der Waals surface area (Å²) in [6, 6.07) is 21.8. The van der Waals surface area contributed by atoms with E-state index in [4.69, 9.17) is 4.74 Å². The molecule has 196 valence electrons. The number of benzene rings is 4. The molecule has 4 aromatic rings. The Morgan fingerprint density at radius 2 is 0.974 bits per heavy atom. The van der Waals surface area contributed by atoms with Crippen molar-refractivity contribution in [2.24, 2.45) is 0 Å². The molecule has 0 aliphatic carbocycles. The summed E-state index contributed by atoms with van der Waals surface area (Å²) in [5.74, 6) is 0.0395. The number of carbonyl (C=O) groups is 2. The van der Waals surface area contributed by atoms with Crippen LogP contribution in [0.2, 0.25) is 0 Å². The van der Waals surface area contributed by atoms with Crippen molar-refractivity contribution >= 4 is 34.6 Å². The van der Waals surface area contributed by atoms with Crippen LogP contribution in [0.15, 0.2) is 84.9 Å². The summed E-state index contributed by atoms with van der Waals surface area (Å²) in [5.41, 5.74) is 1.67. The van der Waals surface area contributed by atoms with Crippen LogP contribution in [0, 0.1) is 34.1 Å². The second-order valence-electron chi connectivity index (χ2n) is 8.47. The first-order valence-corrected chi connectivity index (χ1v) is 11.6. The van der Waals surface area contributed by atoms with Gasteiger partial charge in [-0.05, 0) is 74.5 Å². The van der Waals surface area contributed by atoms with Crippen molar-refractivity contribution < 1.29 is 24.2 Å². The predicted octanol–water partition coefficient (Wildman–Crippen LogP) is 6.42. The molecule has 2 N–H and O–H groups in total. The van der Waals surface area contributed by atoms with Gasteiger partial charge in [0.25, 0.3) is 23.2 Å². The fraction of sp³-hybridized carbons (Fsp3) is 0.0714. The lowest BCUT2D eigenvalue weighted by atomic mass is 10.1. The largest absolute Gasteiger partial charge is 0.457 e. The van der Waals surface area contributed by atoms with E-state index in [-0.39, 0.29) is 33.6 Å². The Labute approximate surface area is 222 Å². The van der Waals surface area contributed by atoms with Crippen molar-refractivity contribution in [3.05, 3.63) is 127 Å². The third kappa shape index (κ3) is 6.05. The second-order valence-corrected chi connectivity index (χ2v) is 8.47. The molecule has 0 fully saturated rings. The van der Waals surface area contributed by atoms with E-state index < -0.39 is 21.7 Å². The Balaban J connectivity index is 1.38. The summed E-state index contributed by atoms with van der Waals surface area (Å²) in [4.78, 5) is 46.5. The van der Waals surface area contributed by atoms with E-state index in [2.05, 4.69) is 10.6 Å². The van der Waals surface area contributed by atoms with Crippen LogP contribution in [0.1, 0.15) is 31.8 Å². The van der Waals surface area contributed by atoms with Crippen LogP contribution in [-0.4, -0.2) is 21.7 Å². The maximum Gasteiger partial charge on any atom is 0.273 e. The lowest BCUT2D eigenvalue weighted by Crippen LogP contribution is -2.14. The SMILES string of the molecule is Cc1c(C(=O)Nc2ccc(Oc3ccc(NC(=O)c4cccc([N+](=O)[O-])c4C)cc3)cc2)cccc1[N+](=O)[O-]. The number of nitrogens with zero attached hydrogens (tertiary/aromatic N) is 2. The van der Waals surface area contributed by atoms with Gasteiger partial charge in [-0.15, -0.1) is 0 Å². The minimum Gasteiger partial charge on any atom is -0.457 e. The average Bonchev–Trinajstić information content (AvgIpc) is 2.90. The van der Waals surface area contributed by atoms with Crippen LogP contribution in [0.25, 0.3) is 0 Å². The molecule has 39 heavy (non-hydrogen) atoms. The number of anilines is 2. The number of nitrogens with one attached hydrogen (secondary N) is 2. The normalized spacial score (nSPS) is 10.4. The summed E-state index contributed by atoms with van der Waals surface area (Å²) < 4.78 is 5.81. The van der Waals surface area contributed by atoms with Gasteiger partial charge in [0.1, 0.15) is 11.5 Å². The molecule has 0 saturated carbocycles. The number of hydrogen-bond acceptors (Lipinski definition) is 7. The predicted molar refractivity (Wildman–Crippen MR) is 145 cm³/mol. The minimum absolute atomic E-state index is 0.129. The van der Waals surface area contributed by atoms with Crippen LogP contribution >= 0.6 is 0 Å². The van der Waals surface area contributed by atoms with Gasteiger partial charge in [-0.1, -0.05) is 12.1 Å². The molecule has 0 spiro atoms. The van der Waals surface area contributed by atoms with Crippen LogP contribution in [0.3, 0.4) is 0 Å². The Morgan fingerprint density at radius 1 is 0.615 bits per heavy atom. The standard InChI is InChI=1S/C28H22N4O7/c1-17-23(5-3-7-25(17)31(35)36)27(33)29-19-9-13-21(14-10-19)39-22-15-11-20(12-16-22)30-28(34)24-6-4-8-26(18(24)2)32(37)38/h3-16H,1-2H3,(H,29,33)(H,30,34). The molecule has 0 aliphatic rings. The molecule has 0 atom stereocenters. The average molecular weight is 527 g/mol. The first kappa shape index (κ1) is 26.5. The zero-order valence-electron chi connectivity index (χ0n) is 20.8. The summed E-state index contributed by atoms with van der Waals surface area (Å²) in [5, 5.41) is 27.7.